The molecule has 0 aromatic carbocycles. The molecule has 1 aliphatic carbocycles. The number of aromatic nitrogens is 2. The van der Waals surface area contributed by atoms with Gasteiger partial charge >= 0.3 is 0 Å². The van der Waals surface area contributed by atoms with Crippen molar-refractivity contribution in [3.05, 3.63) is 27.5 Å². The van der Waals surface area contributed by atoms with Crippen molar-refractivity contribution in [2.24, 2.45) is 13.0 Å². The Morgan fingerprint density at radius 1 is 1.58 bits per heavy atom. The van der Waals surface area contributed by atoms with E-state index in [2.05, 4.69) is 41.0 Å². The molecule has 4 heteroatoms. The van der Waals surface area contributed by atoms with Crippen molar-refractivity contribution in [3.8, 4) is 0 Å². The van der Waals surface area contributed by atoms with Gasteiger partial charge in [0, 0.05) is 7.05 Å². The maximum atomic E-state index is 12.3. The second-order valence-electron chi connectivity index (χ2n) is 5.39. The molecule has 1 atom stereocenters. The Kier molecular flexibility index (Phi) is 4.61. The Morgan fingerprint density at radius 2 is 2.32 bits per heavy atom. The van der Waals surface area contributed by atoms with Gasteiger partial charge in [-0.05, 0) is 53.1 Å². The fourth-order valence-corrected chi connectivity index (χ4v) is 3.25. The minimum atomic E-state index is 0.248. The van der Waals surface area contributed by atoms with Gasteiger partial charge in [-0.1, -0.05) is 19.9 Å². The number of Topliss-reactive ketones (excluding diaryl/α,β-unsaturated/α-hetero) is 1. The van der Waals surface area contributed by atoms with Gasteiger partial charge in [0.05, 0.1) is 22.3 Å². The van der Waals surface area contributed by atoms with Crippen LogP contribution in [0.15, 0.2) is 16.1 Å². The van der Waals surface area contributed by atoms with Gasteiger partial charge < -0.3 is 0 Å². The van der Waals surface area contributed by atoms with Crippen molar-refractivity contribution >= 4 is 21.7 Å². The Morgan fingerprint density at radius 3 is 2.84 bits per heavy atom. The third kappa shape index (κ3) is 3.16. The van der Waals surface area contributed by atoms with Crippen molar-refractivity contribution in [1.29, 1.82) is 0 Å². The topological polar surface area (TPSA) is 34.9 Å². The predicted molar refractivity (Wildman–Crippen MR) is 80.1 cm³/mol. The van der Waals surface area contributed by atoms with Gasteiger partial charge in [0.1, 0.15) is 0 Å². The third-order valence-corrected chi connectivity index (χ3v) is 4.78. The molecular weight excluding hydrogens is 304 g/mol. The lowest BCUT2D eigenvalue weighted by atomic mass is 9.88. The van der Waals surface area contributed by atoms with E-state index in [-0.39, 0.29) is 5.78 Å². The van der Waals surface area contributed by atoms with E-state index in [1.165, 1.54) is 0 Å². The van der Waals surface area contributed by atoms with Crippen molar-refractivity contribution in [1.82, 2.24) is 9.78 Å². The van der Waals surface area contributed by atoms with E-state index in [0.29, 0.717) is 12.3 Å². The van der Waals surface area contributed by atoms with Crippen LogP contribution in [-0.2, 0) is 24.7 Å². The quantitative estimate of drug-likeness (QED) is 0.848. The summed E-state index contributed by atoms with van der Waals surface area (Å²) >= 11 is 3.57. The third-order valence-electron chi connectivity index (χ3n) is 3.86. The smallest absolute Gasteiger partial charge is 0.164 e. The van der Waals surface area contributed by atoms with Crippen LogP contribution in [-0.4, -0.2) is 15.6 Å². The summed E-state index contributed by atoms with van der Waals surface area (Å²) in [6.45, 7) is 4.31. The molecule has 104 valence electrons. The molecular formula is C15H21BrN2O. The average Bonchev–Trinajstić information content (AvgIpc) is 2.67. The largest absolute Gasteiger partial charge is 0.294 e. The fourth-order valence-electron chi connectivity index (χ4n) is 2.50. The first-order valence-corrected chi connectivity index (χ1v) is 7.74. The summed E-state index contributed by atoms with van der Waals surface area (Å²) in [4.78, 5) is 12.3. The zero-order valence-corrected chi connectivity index (χ0v) is 13.5. The highest BCUT2D eigenvalue weighted by atomic mass is 79.9. The summed E-state index contributed by atoms with van der Waals surface area (Å²) in [5, 5.41) is 4.44. The number of nitrogens with zero attached hydrogens (tertiary/aromatic N) is 2. The lowest BCUT2D eigenvalue weighted by molar-refractivity contribution is -0.115. The molecule has 1 aromatic rings. The SMILES string of the molecule is CCc1nn(C)c(CC(=O)C2=CCC(C)CC2)c1Br. The Balaban J connectivity index is 2.13. The molecule has 0 aliphatic heterocycles. The van der Waals surface area contributed by atoms with E-state index in [0.717, 1.165) is 47.1 Å². The van der Waals surface area contributed by atoms with Crippen LogP contribution in [0.4, 0.5) is 0 Å². The molecule has 0 bridgehead atoms. The Hall–Kier alpha value is -0.900. The number of allylic oxidation sites excluding steroid dienone is 2. The summed E-state index contributed by atoms with van der Waals surface area (Å²) in [7, 11) is 1.91. The van der Waals surface area contributed by atoms with Crippen molar-refractivity contribution in [2.45, 2.75) is 46.0 Å². The van der Waals surface area contributed by atoms with E-state index in [9.17, 15) is 4.79 Å². The Bertz CT molecular complexity index is 516. The highest BCUT2D eigenvalue weighted by molar-refractivity contribution is 9.10. The highest BCUT2D eigenvalue weighted by Gasteiger charge is 2.20. The Labute approximate surface area is 123 Å². The first-order chi connectivity index (χ1) is 9.02. The number of aryl methyl sites for hydroxylation is 2. The molecule has 1 aromatic heterocycles. The molecule has 1 heterocycles. The number of hydrogen-bond acceptors (Lipinski definition) is 2. The van der Waals surface area contributed by atoms with E-state index >= 15 is 0 Å². The van der Waals surface area contributed by atoms with Gasteiger partial charge in [0.15, 0.2) is 5.78 Å². The molecule has 0 fully saturated rings. The summed E-state index contributed by atoms with van der Waals surface area (Å²) < 4.78 is 2.82. The molecule has 19 heavy (non-hydrogen) atoms. The van der Waals surface area contributed by atoms with E-state index in [1.807, 2.05) is 11.7 Å². The molecule has 2 rings (SSSR count). The summed E-state index contributed by atoms with van der Waals surface area (Å²) in [5.74, 6) is 0.963. The number of carbonyl (C=O) groups excluding carboxylic acids is 1. The summed E-state index contributed by atoms with van der Waals surface area (Å²) in [6.07, 6.45) is 6.54. The fraction of sp³-hybridized carbons (Fsp3) is 0.600. The van der Waals surface area contributed by atoms with E-state index in [4.69, 9.17) is 0 Å². The molecule has 0 saturated carbocycles. The lowest BCUT2D eigenvalue weighted by Crippen LogP contribution is -2.14. The van der Waals surface area contributed by atoms with Gasteiger partial charge in [-0.2, -0.15) is 5.10 Å². The lowest BCUT2D eigenvalue weighted by Gasteiger charge is -2.17. The monoisotopic (exact) mass is 324 g/mol. The molecule has 0 amide bonds. The molecule has 0 spiro atoms. The number of hydrogen-bond donors (Lipinski definition) is 0. The second kappa shape index (κ2) is 6.04. The van der Waals surface area contributed by atoms with Gasteiger partial charge in [0.2, 0.25) is 0 Å². The predicted octanol–water partition coefficient (Wildman–Crippen LogP) is 3.60. The van der Waals surface area contributed by atoms with Crippen LogP contribution in [0.2, 0.25) is 0 Å². The standard InChI is InChI=1S/C15H21BrN2O/c1-4-12-15(16)13(18(3)17-12)9-14(19)11-7-5-10(2)6-8-11/h7,10H,4-6,8-9H2,1-3H3. The van der Waals surface area contributed by atoms with E-state index < -0.39 is 0 Å². The number of ketones is 1. The minimum Gasteiger partial charge on any atom is -0.294 e. The van der Waals surface area contributed by atoms with Gasteiger partial charge in [-0.25, -0.2) is 0 Å². The van der Waals surface area contributed by atoms with E-state index in [1.54, 1.807) is 0 Å². The molecule has 0 saturated heterocycles. The summed E-state index contributed by atoms with van der Waals surface area (Å²) in [5.41, 5.74) is 3.02. The molecule has 1 unspecified atom stereocenters. The molecule has 0 radical (unpaired) electrons. The van der Waals surface area contributed by atoms with Crippen molar-refractivity contribution in [3.63, 3.8) is 0 Å². The van der Waals surface area contributed by atoms with Crippen LogP contribution in [0.1, 0.15) is 44.5 Å². The first kappa shape index (κ1) is 14.5. The van der Waals surface area contributed by atoms with Crippen molar-refractivity contribution in [2.75, 3.05) is 0 Å². The molecule has 1 aliphatic rings. The zero-order chi connectivity index (χ0) is 14.0. The molecule has 3 nitrogen and oxygen atoms in total. The van der Waals surface area contributed by atoms with Crippen LogP contribution in [0.25, 0.3) is 0 Å². The van der Waals surface area contributed by atoms with Crippen molar-refractivity contribution < 1.29 is 4.79 Å². The van der Waals surface area contributed by atoms with Crippen LogP contribution >= 0.6 is 15.9 Å². The zero-order valence-electron chi connectivity index (χ0n) is 11.9. The van der Waals surface area contributed by atoms with Crippen LogP contribution < -0.4 is 0 Å². The van der Waals surface area contributed by atoms with Crippen LogP contribution in [0, 0.1) is 5.92 Å². The average molecular weight is 325 g/mol. The minimum absolute atomic E-state index is 0.248. The maximum Gasteiger partial charge on any atom is 0.164 e. The van der Waals surface area contributed by atoms with Gasteiger partial charge in [-0.15, -0.1) is 0 Å². The van der Waals surface area contributed by atoms with Gasteiger partial charge in [-0.3, -0.25) is 9.48 Å². The highest BCUT2D eigenvalue weighted by Crippen LogP contribution is 2.27. The van der Waals surface area contributed by atoms with Gasteiger partial charge in [0.25, 0.3) is 0 Å². The van der Waals surface area contributed by atoms with Crippen LogP contribution in [0.5, 0.6) is 0 Å². The van der Waals surface area contributed by atoms with Crippen LogP contribution in [0.3, 0.4) is 0 Å². The number of halogens is 1. The summed E-state index contributed by atoms with van der Waals surface area (Å²) in [6, 6.07) is 0. The number of rotatable bonds is 4. The maximum absolute atomic E-state index is 12.3. The number of carbonyl (C=O) groups is 1. The normalized spacial score (nSPS) is 19.4. The first-order valence-electron chi connectivity index (χ1n) is 6.95. The molecule has 0 N–H and O–H groups in total. The second-order valence-corrected chi connectivity index (χ2v) is 6.19.